The first-order chi connectivity index (χ1) is 6.84. The molecule has 1 fully saturated rings. The van der Waals surface area contributed by atoms with Crippen molar-refractivity contribution in [1.82, 2.24) is 10.2 Å². The van der Waals surface area contributed by atoms with Crippen molar-refractivity contribution in [2.75, 3.05) is 19.3 Å². The molecule has 1 unspecified atom stereocenters. The minimum Gasteiger partial charge on any atom is -0.465 e. The number of hydrogen-bond donors (Lipinski definition) is 2. The van der Waals surface area contributed by atoms with Gasteiger partial charge in [0.25, 0.3) is 0 Å². The predicted octanol–water partition coefficient (Wildman–Crippen LogP) is 0.606. The fourth-order valence-corrected chi connectivity index (χ4v) is 2.73. The van der Waals surface area contributed by atoms with Crippen molar-refractivity contribution in [2.45, 2.75) is 24.6 Å². The highest BCUT2D eigenvalue weighted by atomic mass is 32.2. The summed E-state index contributed by atoms with van der Waals surface area (Å²) in [4.78, 5) is 24.1. The summed E-state index contributed by atoms with van der Waals surface area (Å²) < 4.78 is -0.403. The van der Waals surface area contributed by atoms with Crippen molar-refractivity contribution in [3.05, 3.63) is 0 Å². The van der Waals surface area contributed by atoms with Crippen LogP contribution in [0.4, 0.5) is 4.79 Å². The van der Waals surface area contributed by atoms with Gasteiger partial charge in [0.05, 0.1) is 0 Å². The van der Waals surface area contributed by atoms with Crippen molar-refractivity contribution < 1.29 is 14.7 Å². The number of rotatable bonds is 1. The van der Waals surface area contributed by atoms with Crippen LogP contribution in [-0.2, 0) is 4.79 Å². The van der Waals surface area contributed by atoms with Gasteiger partial charge in [0.1, 0.15) is 6.04 Å². The van der Waals surface area contributed by atoms with Crippen molar-refractivity contribution in [2.24, 2.45) is 0 Å². The normalized spacial score (nSPS) is 25.9. The Morgan fingerprint density at radius 3 is 2.80 bits per heavy atom. The summed E-state index contributed by atoms with van der Waals surface area (Å²) in [6.07, 6.45) is -1.16. The number of nitrogens with zero attached hydrogens (tertiary/aromatic N) is 1. The smallest absolute Gasteiger partial charge is 0.405 e. The number of amides is 2. The van der Waals surface area contributed by atoms with E-state index >= 15 is 0 Å². The molecule has 1 heterocycles. The number of carboxylic acid groups (broad SMARTS) is 1. The Balaban J connectivity index is 2.90. The number of carbonyl (C=O) groups is 2. The Kier molecular flexibility index (Phi) is 3.49. The van der Waals surface area contributed by atoms with E-state index in [1.54, 1.807) is 23.7 Å². The summed E-state index contributed by atoms with van der Waals surface area (Å²) in [6, 6.07) is -0.674. The van der Waals surface area contributed by atoms with Crippen LogP contribution in [0, 0.1) is 0 Å². The van der Waals surface area contributed by atoms with Gasteiger partial charge in [0, 0.05) is 24.1 Å². The maximum Gasteiger partial charge on any atom is 0.405 e. The lowest BCUT2D eigenvalue weighted by molar-refractivity contribution is -0.132. The molecule has 2 N–H and O–H groups in total. The van der Waals surface area contributed by atoms with E-state index in [0.29, 0.717) is 6.54 Å². The second-order valence-corrected chi connectivity index (χ2v) is 5.84. The van der Waals surface area contributed by atoms with E-state index in [0.717, 1.165) is 5.75 Å². The monoisotopic (exact) mass is 232 g/mol. The molecule has 15 heavy (non-hydrogen) atoms. The van der Waals surface area contributed by atoms with Gasteiger partial charge in [0.15, 0.2) is 0 Å². The third-order valence-corrected chi connectivity index (χ3v) is 3.85. The van der Waals surface area contributed by atoms with Crippen LogP contribution in [0.5, 0.6) is 0 Å². The summed E-state index contributed by atoms with van der Waals surface area (Å²) in [5, 5.41) is 11.0. The van der Waals surface area contributed by atoms with Crippen molar-refractivity contribution in [1.29, 1.82) is 0 Å². The van der Waals surface area contributed by atoms with Crippen LogP contribution in [0.3, 0.4) is 0 Å². The van der Waals surface area contributed by atoms with Gasteiger partial charge in [-0.2, -0.15) is 11.8 Å². The van der Waals surface area contributed by atoms with Gasteiger partial charge in [-0.15, -0.1) is 0 Å². The summed E-state index contributed by atoms with van der Waals surface area (Å²) >= 11 is 1.61. The summed E-state index contributed by atoms with van der Waals surface area (Å²) in [5.74, 6) is 0.667. The van der Waals surface area contributed by atoms with Gasteiger partial charge in [-0.3, -0.25) is 4.79 Å². The molecule has 86 valence electrons. The van der Waals surface area contributed by atoms with Crippen LogP contribution < -0.4 is 5.32 Å². The van der Waals surface area contributed by atoms with Crippen LogP contribution >= 0.6 is 11.8 Å². The fraction of sp³-hybridized carbons (Fsp3) is 0.778. The summed E-state index contributed by atoms with van der Waals surface area (Å²) in [6.45, 7) is 4.43. The van der Waals surface area contributed by atoms with E-state index in [1.807, 2.05) is 13.8 Å². The number of hydrogen-bond acceptors (Lipinski definition) is 3. The molecule has 2 amide bonds. The number of thioether (sulfide) groups is 1. The van der Waals surface area contributed by atoms with Gasteiger partial charge in [-0.1, -0.05) is 0 Å². The molecular formula is C9H16N2O3S. The van der Waals surface area contributed by atoms with E-state index < -0.39 is 16.9 Å². The fourth-order valence-electron chi connectivity index (χ4n) is 1.52. The highest BCUT2D eigenvalue weighted by Gasteiger charge is 2.40. The highest BCUT2D eigenvalue weighted by molar-refractivity contribution is 8.00. The first-order valence-electron chi connectivity index (χ1n) is 4.73. The highest BCUT2D eigenvalue weighted by Crippen LogP contribution is 2.31. The zero-order chi connectivity index (χ0) is 11.6. The van der Waals surface area contributed by atoms with Gasteiger partial charge >= 0.3 is 6.09 Å². The van der Waals surface area contributed by atoms with E-state index in [1.165, 1.54) is 0 Å². The largest absolute Gasteiger partial charge is 0.465 e. The van der Waals surface area contributed by atoms with Crippen molar-refractivity contribution in [3.63, 3.8) is 0 Å². The summed E-state index contributed by atoms with van der Waals surface area (Å²) in [7, 11) is 1.70. The van der Waals surface area contributed by atoms with E-state index in [9.17, 15) is 9.59 Å². The third-order valence-electron chi connectivity index (χ3n) is 2.49. The second-order valence-electron chi connectivity index (χ2n) is 4.09. The SMILES string of the molecule is CN1CCSC(C)(C)C(NC(=O)O)C1=O. The zero-order valence-corrected chi connectivity index (χ0v) is 9.93. The van der Waals surface area contributed by atoms with Crippen molar-refractivity contribution in [3.8, 4) is 0 Å². The number of carbonyl (C=O) groups excluding carboxylic acids is 1. The van der Waals surface area contributed by atoms with Crippen LogP contribution in [-0.4, -0.2) is 52.1 Å². The van der Waals surface area contributed by atoms with E-state index in [2.05, 4.69) is 5.32 Å². The first kappa shape index (κ1) is 12.2. The van der Waals surface area contributed by atoms with Crippen LogP contribution in [0.2, 0.25) is 0 Å². The average Bonchev–Trinajstić information content (AvgIpc) is 2.18. The molecule has 0 radical (unpaired) electrons. The quantitative estimate of drug-likeness (QED) is 0.695. The Morgan fingerprint density at radius 1 is 1.67 bits per heavy atom. The first-order valence-corrected chi connectivity index (χ1v) is 5.71. The molecule has 0 saturated carbocycles. The molecule has 0 bridgehead atoms. The lowest BCUT2D eigenvalue weighted by atomic mass is 10.0. The van der Waals surface area contributed by atoms with Crippen molar-refractivity contribution >= 4 is 23.8 Å². The lowest BCUT2D eigenvalue weighted by Gasteiger charge is -2.31. The maximum atomic E-state index is 11.9. The summed E-state index contributed by atoms with van der Waals surface area (Å²) in [5.41, 5.74) is 0. The average molecular weight is 232 g/mol. The molecular weight excluding hydrogens is 216 g/mol. The Morgan fingerprint density at radius 2 is 2.27 bits per heavy atom. The molecule has 0 aliphatic carbocycles. The second kappa shape index (κ2) is 4.30. The zero-order valence-electron chi connectivity index (χ0n) is 9.11. The number of likely N-dealkylation sites (N-methyl/N-ethyl adjacent to an activating group) is 1. The van der Waals surface area contributed by atoms with Gasteiger partial charge < -0.3 is 15.3 Å². The minimum atomic E-state index is -1.16. The third kappa shape index (κ3) is 2.77. The van der Waals surface area contributed by atoms with Gasteiger partial charge in [-0.25, -0.2) is 4.79 Å². The minimum absolute atomic E-state index is 0.160. The lowest BCUT2D eigenvalue weighted by Crippen LogP contribution is -2.54. The van der Waals surface area contributed by atoms with E-state index in [4.69, 9.17) is 5.11 Å². The molecule has 0 aromatic carbocycles. The molecule has 0 aromatic heterocycles. The van der Waals surface area contributed by atoms with Crippen LogP contribution in [0.25, 0.3) is 0 Å². The molecule has 1 aliphatic rings. The van der Waals surface area contributed by atoms with Crippen LogP contribution in [0.1, 0.15) is 13.8 Å². The van der Waals surface area contributed by atoms with Gasteiger partial charge in [0.2, 0.25) is 5.91 Å². The predicted molar refractivity (Wildman–Crippen MR) is 59.1 cm³/mol. The molecule has 0 spiro atoms. The molecule has 5 nitrogen and oxygen atoms in total. The van der Waals surface area contributed by atoms with Crippen LogP contribution in [0.15, 0.2) is 0 Å². The molecule has 6 heteroatoms. The Bertz CT molecular complexity index is 281. The van der Waals surface area contributed by atoms with E-state index in [-0.39, 0.29) is 5.91 Å². The molecule has 1 aliphatic heterocycles. The standard InChI is InChI=1S/C9H16N2O3S/c1-9(2)6(10-8(13)14)7(12)11(3)4-5-15-9/h6,10H,4-5H2,1-3H3,(H,13,14). The molecule has 0 aromatic rings. The molecule has 1 rings (SSSR count). The molecule has 1 saturated heterocycles. The Labute approximate surface area is 93.2 Å². The number of nitrogens with one attached hydrogen (secondary N) is 1. The maximum absolute atomic E-state index is 11.9. The van der Waals surface area contributed by atoms with Gasteiger partial charge in [-0.05, 0) is 13.8 Å². The molecule has 1 atom stereocenters. The Hall–Kier alpha value is -0.910. The topological polar surface area (TPSA) is 69.6 Å².